The second-order valence-corrected chi connectivity index (χ2v) is 17.4. The molecule has 0 saturated heterocycles. The zero-order chi connectivity index (χ0) is 32.7. The topological polar surface area (TPSA) is 57.6 Å². The van der Waals surface area contributed by atoms with E-state index in [1.165, 1.54) is 61.6 Å². The molecule has 4 heteroatoms. The number of allylic oxidation sites excluding steroid dienone is 2. The van der Waals surface area contributed by atoms with Crippen LogP contribution >= 0.6 is 0 Å². The second-order valence-electron chi connectivity index (χ2n) is 17.4. The molecule has 0 heterocycles. The van der Waals surface area contributed by atoms with Crippen LogP contribution < -0.4 is 0 Å². The average molecular weight is 622 g/mol. The van der Waals surface area contributed by atoms with Crippen molar-refractivity contribution in [2.24, 2.45) is 50.7 Å². The third kappa shape index (κ3) is 4.37. The molecule has 2 aromatic carbocycles. The van der Waals surface area contributed by atoms with E-state index in [1.54, 1.807) is 12.1 Å². The number of hydrogen-bond donors (Lipinski definition) is 1. The largest absolute Gasteiger partial charge is 0.478 e. The van der Waals surface area contributed by atoms with E-state index in [1.807, 2.05) is 19.2 Å². The Morgan fingerprint density at radius 2 is 1.50 bits per heavy atom. The third-order valence-electron chi connectivity index (χ3n) is 15.4. The van der Waals surface area contributed by atoms with Gasteiger partial charge in [0.2, 0.25) is 5.91 Å². The van der Waals surface area contributed by atoms with Gasteiger partial charge in [0.25, 0.3) is 0 Å². The van der Waals surface area contributed by atoms with E-state index in [4.69, 9.17) is 0 Å². The molecule has 0 bridgehead atoms. The molecule has 2 aromatic rings. The second kappa shape index (κ2) is 10.8. The molecule has 0 spiro atoms. The van der Waals surface area contributed by atoms with Gasteiger partial charge in [0, 0.05) is 13.6 Å². The van der Waals surface area contributed by atoms with E-state index in [2.05, 4.69) is 75.9 Å². The first-order chi connectivity index (χ1) is 21.8. The lowest BCUT2D eigenvalue weighted by Gasteiger charge is -2.72. The summed E-state index contributed by atoms with van der Waals surface area (Å²) in [5.41, 5.74) is 4.71. The molecule has 7 rings (SSSR count). The molecule has 4 fully saturated rings. The van der Waals surface area contributed by atoms with Gasteiger partial charge >= 0.3 is 5.97 Å². The zero-order valence-corrected chi connectivity index (χ0v) is 29.1. The van der Waals surface area contributed by atoms with E-state index in [0.29, 0.717) is 41.7 Å². The Hall–Kier alpha value is -2.88. The summed E-state index contributed by atoms with van der Waals surface area (Å²) in [6.45, 7) is 13.6. The summed E-state index contributed by atoms with van der Waals surface area (Å²) in [7, 11) is 2.04. The van der Waals surface area contributed by atoms with Crippen molar-refractivity contribution in [3.8, 4) is 0 Å². The number of amides is 1. The molecule has 0 aliphatic heterocycles. The number of fused-ring (bicyclic) bond motifs is 7. The van der Waals surface area contributed by atoms with Gasteiger partial charge in [0.15, 0.2) is 0 Å². The Balaban J connectivity index is 1.17. The summed E-state index contributed by atoms with van der Waals surface area (Å²) >= 11 is 0. The first-order valence-electron chi connectivity index (χ1n) is 18.1. The van der Waals surface area contributed by atoms with Crippen molar-refractivity contribution in [2.45, 2.75) is 105 Å². The Bertz CT molecular complexity index is 1540. The van der Waals surface area contributed by atoms with Crippen LogP contribution in [0.4, 0.5) is 0 Å². The lowest BCUT2D eigenvalue weighted by atomic mass is 9.32. The van der Waals surface area contributed by atoms with Crippen molar-refractivity contribution in [3.05, 3.63) is 77.4 Å². The number of hydrogen-bond acceptors (Lipinski definition) is 2. The molecule has 4 saturated carbocycles. The highest BCUT2D eigenvalue weighted by Crippen LogP contribution is 2.77. The van der Waals surface area contributed by atoms with Crippen molar-refractivity contribution in [1.29, 1.82) is 0 Å². The van der Waals surface area contributed by atoms with Gasteiger partial charge in [-0.1, -0.05) is 89.6 Å². The molecular weight excluding hydrogens is 566 g/mol. The minimum Gasteiger partial charge on any atom is -0.478 e. The highest BCUT2D eigenvalue weighted by atomic mass is 16.4. The average Bonchev–Trinajstić information content (AvgIpc) is 3.47. The summed E-state index contributed by atoms with van der Waals surface area (Å²) in [5.74, 6) is 1.91. The van der Waals surface area contributed by atoms with Crippen LogP contribution in [0.5, 0.6) is 0 Å². The quantitative estimate of drug-likeness (QED) is 0.362. The van der Waals surface area contributed by atoms with E-state index in [-0.39, 0.29) is 27.1 Å². The lowest BCUT2D eigenvalue weighted by molar-refractivity contribution is -0.223. The number of benzene rings is 2. The monoisotopic (exact) mass is 621 g/mol. The maximum absolute atomic E-state index is 14.4. The predicted molar refractivity (Wildman–Crippen MR) is 185 cm³/mol. The van der Waals surface area contributed by atoms with Gasteiger partial charge in [0.05, 0.1) is 11.0 Å². The van der Waals surface area contributed by atoms with Crippen molar-refractivity contribution in [2.75, 3.05) is 7.05 Å². The Kier molecular flexibility index (Phi) is 7.46. The summed E-state index contributed by atoms with van der Waals surface area (Å²) in [6, 6.07) is 18.1. The van der Waals surface area contributed by atoms with E-state index >= 15 is 0 Å². The predicted octanol–water partition coefficient (Wildman–Crippen LogP) is 9.89. The number of carboxylic acids is 1. The molecule has 246 valence electrons. The van der Waals surface area contributed by atoms with Crippen LogP contribution in [0, 0.1) is 50.7 Å². The highest BCUT2D eigenvalue weighted by molar-refractivity contribution is 5.88. The van der Waals surface area contributed by atoms with Gasteiger partial charge in [-0.2, -0.15) is 0 Å². The molecular formula is C42H55NO3. The number of carboxylic acid groups (broad SMARTS) is 1. The van der Waals surface area contributed by atoms with Crippen LogP contribution in [0.25, 0.3) is 5.57 Å². The van der Waals surface area contributed by atoms with Crippen LogP contribution in [-0.4, -0.2) is 28.9 Å². The minimum absolute atomic E-state index is 0.0136. The molecule has 0 aromatic heterocycles. The van der Waals surface area contributed by atoms with Gasteiger partial charge in [-0.25, -0.2) is 4.79 Å². The highest BCUT2D eigenvalue weighted by Gasteiger charge is 2.70. The van der Waals surface area contributed by atoms with Gasteiger partial charge in [0.1, 0.15) is 0 Å². The standard InChI is InChI=1S/C42H55NO3/c1-38(2)31(29-14-16-30(17-15-29)36(44)45)20-23-39(3)34(38)21-24-41(5)35(39)19-18-32-33-13-10-22-42(33,26-25-40(32,41)4)37(46)43(6)27-28-11-8-7-9-12-28/h7-9,11-12,14-17,20,32-35H,10,13,18-19,21-27H2,1-6H3,(H,44,45)/t32?,33?,34?,35?,39?,40-,41?,42?/m1/s1. The third-order valence-corrected chi connectivity index (χ3v) is 15.4. The van der Waals surface area contributed by atoms with Crippen molar-refractivity contribution < 1.29 is 14.7 Å². The maximum Gasteiger partial charge on any atom is 0.335 e. The van der Waals surface area contributed by atoms with Gasteiger partial charge in [-0.3, -0.25) is 4.79 Å². The molecule has 46 heavy (non-hydrogen) atoms. The van der Waals surface area contributed by atoms with Crippen molar-refractivity contribution >= 4 is 17.4 Å². The molecule has 5 aliphatic rings. The van der Waals surface area contributed by atoms with Gasteiger partial charge < -0.3 is 10.0 Å². The van der Waals surface area contributed by atoms with Gasteiger partial charge in [-0.15, -0.1) is 0 Å². The fourth-order valence-corrected chi connectivity index (χ4v) is 13.1. The number of aromatic carboxylic acids is 1. The first kappa shape index (κ1) is 31.7. The summed E-state index contributed by atoms with van der Waals surface area (Å²) < 4.78 is 0. The number of nitrogens with zero attached hydrogens (tertiary/aromatic N) is 1. The van der Waals surface area contributed by atoms with Crippen LogP contribution in [0.2, 0.25) is 0 Å². The molecule has 1 N–H and O–H groups in total. The Morgan fingerprint density at radius 1 is 0.783 bits per heavy atom. The molecule has 8 atom stereocenters. The molecule has 1 amide bonds. The Labute approximate surface area is 277 Å². The van der Waals surface area contributed by atoms with E-state index in [0.717, 1.165) is 19.3 Å². The van der Waals surface area contributed by atoms with Crippen molar-refractivity contribution in [3.63, 3.8) is 0 Å². The number of carbonyl (C=O) groups is 2. The van der Waals surface area contributed by atoms with Gasteiger partial charge in [-0.05, 0) is 132 Å². The van der Waals surface area contributed by atoms with Crippen LogP contribution in [0.1, 0.15) is 120 Å². The minimum atomic E-state index is -0.868. The van der Waals surface area contributed by atoms with Crippen LogP contribution in [0.15, 0.2) is 60.7 Å². The molecule has 0 radical (unpaired) electrons. The Morgan fingerprint density at radius 3 is 2.20 bits per heavy atom. The fraction of sp³-hybridized carbons (Fsp3) is 0.619. The number of carbonyl (C=O) groups excluding carboxylic acids is 1. The lowest BCUT2D eigenvalue weighted by Crippen LogP contribution is -2.65. The first-order valence-corrected chi connectivity index (χ1v) is 18.1. The summed E-state index contributed by atoms with van der Waals surface area (Å²) in [5, 5.41) is 9.45. The smallest absolute Gasteiger partial charge is 0.335 e. The number of rotatable bonds is 5. The van der Waals surface area contributed by atoms with Crippen LogP contribution in [0.3, 0.4) is 0 Å². The van der Waals surface area contributed by atoms with E-state index in [9.17, 15) is 14.7 Å². The summed E-state index contributed by atoms with van der Waals surface area (Å²) in [6.07, 6.45) is 14.3. The van der Waals surface area contributed by atoms with Crippen molar-refractivity contribution in [1.82, 2.24) is 4.90 Å². The molecule has 5 aliphatic carbocycles. The normalized spacial score (nSPS) is 39.2. The SMILES string of the molecule is CN(Cc1ccccc1)C(=O)C12CCCC1C1CCC3C4(C)CC=C(c5ccc(C(=O)O)cc5)C(C)(C)C4CCC3(C)[C@]1(C)CC2. The zero-order valence-electron chi connectivity index (χ0n) is 29.1. The maximum atomic E-state index is 14.4. The fourth-order valence-electron chi connectivity index (χ4n) is 13.1. The van der Waals surface area contributed by atoms with E-state index < -0.39 is 5.97 Å². The molecule has 7 unspecified atom stereocenters. The summed E-state index contributed by atoms with van der Waals surface area (Å²) in [4.78, 5) is 28.0. The van der Waals surface area contributed by atoms with Crippen LogP contribution in [-0.2, 0) is 11.3 Å². The molecule has 4 nitrogen and oxygen atoms in total.